The summed E-state index contributed by atoms with van der Waals surface area (Å²) >= 11 is 1.84. The molecule has 1 aliphatic rings. The third-order valence-electron chi connectivity index (χ3n) is 3.84. The van der Waals surface area contributed by atoms with Gasteiger partial charge >= 0.3 is 0 Å². The van der Waals surface area contributed by atoms with E-state index in [4.69, 9.17) is 0 Å². The fourth-order valence-corrected chi connectivity index (χ4v) is 3.51. The molecule has 2 heterocycles. The van der Waals surface area contributed by atoms with Crippen molar-refractivity contribution in [1.82, 2.24) is 10.2 Å². The van der Waals surface area contributed by atoms with E-state index >= 15 is 0 Å². The van der Waals surface area contributed by atoms with Gasteiger partial charge in [-0.1, -0.05) is 13.8 Å². The third kappa shape index (κ3) is 4.60. The first kappa shape index (κ1) is 15.5. The number of nitrogens with one attached hydrogen (secondary N) is 1. The lowest BCUT2D eigenvalue weighted by atomic mass is 10.0. The van der Waals surface area contributed by atoms with Crippen molar-refractivity contribution in [1.29, 1.82) is 0 Å². The number of nitrogens with zero attached hydrogens (tertiary/aromatic N) is 1. The summed E-state index contributed by atoms with van der Waals surface area (Å²) < 4.78 is 0. The first-order valence-corrected chi connectivity index (χ1v) is 8.49. The molecular formula is C16H26N2OS. The zero-order valence-electron chi connectivity index (χ0n) is 12.8. The molecule has 2 rings (SSSR count). The molecule has 0 saturated carbocycles. The third-order valence-corrected chi connectivity index (χ3v) is 4.86. The quantitative estimate of drug-likeness (QED) is 0.874. The topological polar surface area (TPSA) is 32.3 Å². The Kier molecular flexibility index (Phi) is 5.61. The second-order valence-electron chi connectivity index (χ2n) is 6.27. The Morgan fingerprint density at radius 1 is 1.40 bits per heavy atom. The second kappa shape index (κ2) is 7.23. The number of carbonyl (C=O) groups is 1. The Morgan fingerprint density at radius 3 is 2.95 bits per heavy atom. The first-order chi connectivity index (χ1) is 9.54. The van der Waals surface area contributed by atoms with Gasteiger partial charge in [-0.15, -0.1) is 11.3 Å². The largest absolute Gasteiger partial charge is 0.353 e. The Hall–Kier alpha value is -0.870. The highest BCUT2D eigenvalue weighted by Gasteiger charge is 2.19. The van der Waals surface area contributed by atoms with Crippen LogP contribution in [0.3, 0.4) is 0 Å². The average molecular weight is 294 g/mol. The molecule has 1 aromatic heterocycles. The molecule has 0 saturated heterocycles. The molecule has 112 valence electrons. The zero-order chi connectivity index (χ0) is 14.5. The van der Waals surface area contributed by atoms with Crippen LogP contribution in [0.4, 0.5) is 0 Å². The van der Waals surface area contributed by atoms with Gasteiger partial charge in [0.05, 0.1) is 6.54 Å². The fourth-order valence-electron chi connectivity index (χ4n) is 2.62. The predicted octanol–water partition coefficient (Wildman–Crippen LogP) is 3.05. The van der Waals surface area contributed by atoms with E-state index in [-0.39, 0.29) is 11.9 Å². The Morgan fingerprint density at radius 2 is 2.20 bits per heavy atom. The lowest BCUT2D eigenvalue weighted by Gasteiger charge is -2.26. The molecule has 0 aromatic carbocycles. The lowest BCUT2D eigenvalue weighted by Crippen LogP contribution is -2.42. The SMILES string of the molecule is CC(C)CCC(C)NC(=O)CN1CCc2sccc2C1. The van der Waals surface area contributed by atoms with Crippen LogP contribution in [0.2, 0.25) is 0 Å². The maximum absolute atomic E-state index is 12.1. The van der Waals surface area contributed by atoms with Gasteiger partial charge in [-0.05, 0) is 49.1 Å². The van der Waals surface area contributed by atoms with Crippen molar-refractivity contribution >= 4 is 17.2 Å². The Balaban J connectivity index is 1.72. The van der Waals surface area contributed by atoms with E-state index < -0.39 is 0 Å². The number of hydrogen-bond donors (Lipinski definition) is 1. The van der Waals surface area contributed by atoms with E-state index in [0.29, 0.717) is 12.5 Å². The van der Waals surface area contributed by atoms with Crippen LogP contribution in [-0.4, -0.2) is 29.9 Å². The van der Waals surface area contributed by atoms with Crippen molar-refractivity contribution in [2.24, 2.45) is 5.92 Å². The molecule has 1 unspecified atom stereocenters. The molecular weight excluding hydrogens is 268 g/mol. The monoisotopic (exact) mass is 294 g/mol. The minimum atomic E-state index is 0.167. The summed E-state index contributed by atoms with van der Waals surface area (Å²) in [6, 6.07) is 2.47. The Bertz CT molecular complexity index is 441. The zero-order valence-corrected chi connectivity index (χ0v) is 13.6. The smallest absolute Gasteiger partial charge is 0.234 e. The van der Waals surface area contributed by atoms with Crippen LogP contribution in [-0.2, 0) is 17.8 Å². The Labute approximate surface area is 126 Å². The maximum atomic E-state index is 12.1. The van der Waals surface area contributed by atoms with Crippen molar-refractivity contribution in [2.45, 2.75) is 52.6 Å². The highest BCUT2D eigenvalue weighted by Crippen LogP contribution is 2.23. The maximum Gasteiger partial charge on any atom is 0.234 e. The molecule has 0 radical (unpaired) electrons. The van der Waals surface area contributed by atoms with E-state index in [1.54, 1.807) is 0 Å². The van der Waals surface area contributed by atoms with E-state index in [1.807, 2.05) is 11.3 Å². The summed E-state index contributed by atoms with van der Waals surface area (Å²) in [4.78, 5) is 15.8. The van der Waals surface area contributed by atoms with Crippen LogP contribution in [0.5, 0.6) is 0 Å². The van der Waals surface area contributed by atoms with Crippen molar-refractivity contribution in [3.8, 4) is 0 Å². The molecule has 0 bridgehead atoms. The number of amides is 1. The molecule has 0 spiro atoms. The van der Waals surface area contributed by atoms with Crippen LogP contribution in [0.15, 0.2) is 11.4 Å². The summed E-state index contributed by atoms with van der Waals surface area (Å²) in [5, 5.41) is 5.28. The van der Waals surface area contributed by atoms with Crippen LogP contribution in [0.1, 0.15) is 44.1 Å². The minimum absolute atomic E-state index is 0.167. The summed E-state index contributed by atoms with van der Waals surface area (Å²) in [7, 11) is 0. The van der Waals surface area contributed by atoms with Gasteiger partial charge in [0.15, 0.2) is 0 Å². The van der Waals surface area contributed by atoms with Gasteiger partial charge in [-0.25, -0.2) is 0 Å². The van der Waals surface area contributed by atoms with Crippen molar-refractivity contribution < 1.29 is 4.79 Å². The number of hydrogen-bond acceptors (Lipinski definition) is 3. The molecule has 0 fully saturated rings. The molecule has 1 atom stereocenters. The number of thiophene rings is 1. The molecule has 4 heteroatoms. The standard InChI is InChI=1S/C16H26N2OS/c1-12(2)4-5-13(3)17-16(19)11-18-8-6-15-14(10-18)7-9-20-15/h7,9,12-13H,4-6,8,10-11H2,1-3H3,(H,17,19). The summed E-state index contributed by atoms with van der Waals surface area (Å²) in [6.07, 6.45) is 3.32. The van der Waals surface area contributed by atoms with Crippen molar-refractivity contribution in [3.63, 3.8) is 0 Å². The fraction of sp³-hybridized carbons (Fsp3) is 0.688. The number of rotatable bonds is 6. The average Bonchev–Trinajstić information content (AvgIpc) is 2.83. The molecule has 1 aliphatic heterocycles. The van der Waals surface area contributed by atoms with E-state index in [1.165, 1.54) is 16.9 Å². The minimum Gasteiger partial charge on any atom is -0.353 e. The molecule has 3 nitrogen and oxygen atoms in total. The van der Waals surface area contributed by atoms with Crippen LogP contribution in [0.25, 0.3) is 0 Å². The van der Waals surface area contributed by atoms with Crippen LogP contribution < -0.4 is 5.32 Å². The molecule has 1 N–H and O–H groups in total. The van der Waals surface area contributed by atoms with Gasteiger partial charge in [0.1, 0.15) is 0 Å². The van der Waals surface area contributed by atoms with Gasteiger partial charge in [-0.3, -0.25) is 9.69 Å². The van der Waals surface area contributed by atoms with Gasteiger partial charge < -0.3 is 5.32 Å². The summed E-state index contributed by atoms with van der Waals surface area (Å²) in [5.41, 5.74) is 1.40. The predicted molar refractivity (Wildman–Crippen MR) is 85.0 cm³/mol. The van der Waals surface area contributed by atoms with Crippen LogP contribution in [0, 0.1) is 5.92 Å². The van der Waals surface area contributed by atoms with Crippen LogP contribution >= 0.6 is 11.3 Å². The van der Waals surface area contributed by atoms with E-state index in [2.05, 4.69) is 42.4 Å². The first-order valence-electron chi connectivity index (χ1n) is 7.61. The number of carbonyl (C=O) groups excluding carboxylic acids is 1. The highest BCUT2D eigenvalue weighted by atomic mass is 32.1. The van der Waals surface area contributed by atoms with Crippen molar-refractivity contribution in [3.05, 3.63) is 21.9 Å². The number of fused-ring (bicyclic) bond motifs is 1. The molecule has 1 aromatic rings. The highest BCUT2D eigenvalue weighted by molar-refractivity contribution is 7.10. The van der Waals surface area contributed by atoms with Gasteiger partial charge in [0.25, 0.3) is 0 Å². The molecule has 0 aliphatic carbocycles. The molecule has 1 amide bonds. The van der Waals surface area contributed by atoms with E-state index in [0.717, 1.165) is 25.9 Å². The molecule has 20 heavy (non-hydrogen) atoms. The van der Waals surface area contributed by atoms with E-state index in [9.17, 15) is 4.79 Å². The summed E-state index contributed by atoms with van der Waals surface area (Å²) in [5.74, 6) is 0.869. The normalized spacial score (nSPS) is 17.0. The van der Waals surface area contributed by atoms with Gasteiger partial charge in [0, 0.05) is 24.0 Å². The second-order valence-corrected chi connectivity index (χ2v) is 7.27. The lowest BCUT2D eigenvalue weighted by molar-refractivity contribution is -0.123. The summed E-state index contributed by atoms with van der Waals surface area (Å²) in [6.45, 7) is 9.00. The van der Waals surface area contributed by atoms with Crippen molar-refractivity contribution in [2.75, 3.05) is 13.1 Å². The van der Waals surface area contributed by atoms with Gasteiger partial charge in [-0.2, -0.15) is 0 Å². The van der Waals surface area contributed by atoms with Gasteiger partial charge in [0.2, 0.25) is 5.91 Å².